The summed E-state index contributed by atoms with van der Waals surface area (Å²) < 4.78 is 32.0. The maximum Gasteiger partial charge on any atom is 0.255 e. The van der Waals surface area contributed by atoms with E-state index in [1.807, 2.05) is 0 Å². The first-order valence-electron chi connectivity index (χ1n) is 8.51. The van der Waals surface area contributed by atoms with Crippen LogP contribution in [0.25, 0.3) is 0 Å². The average molecular weight is 405 g/mol. The molecule has 0 fully saturated rings. The molecular formula is C19H23N3O5S. The summed E-state index contributed by atoms with van der Waals surface area (Å²) in [6, 6.07) is 11.6. The van der Waals surface area contributed by atoms with Crippen LogP contribution in [0.3, 0.4) is 0 Å². The number of anilines is 1. The summed E-state index contributed by atoms with van der Waals surface area (Å²) >= 11 is 0. The lowest BCUT2D eigenvalue weighted by molar-refractivity contribution is 0.0962. The number of rotatable bonds is 8. The molecule has 0 saturated heterocycles. The second-order valence-electron chi connectivity index (χ2n) is 6.11. The lowest BCUT2D eigenvalue weighted by Crippen LogP contribution is -2.35. The first-order chi connectivity index (χ1) is 13.3. The van der Waals surface area contributed by atoms with Crippen LogP contribution in [-0.2, 0) is 14.8 Å². The zero-order chi connectivity index (χ0) is 20.7. The maximum absolute atomic E-state index is 12.3. The van der Waals surface area contributed by atoms with Gasteiger partial charge < -0.3 is 15.4 Å². The Kier molecular flexibility index (Phi) is 7.27. The third-order valence-corrected chi connectivity index (χ3v) is 5.44. The van der Waals surface area contributed by atoms with Crippen molar-refractivity contribution in [1.29, 1.82) is 0 Å². The van der Waals surface area contributed by atoms with Crippen molar-refractivity contribution in [1.82, 2.24) is 10.0 Å². The largest absolute Gasteiger partial charge is 0.383 e. The van der Waals surface area contributed by atoms with Gasteiger partial charge in [-0.1, -0.05) is 0 Å². The van der Waals surface area contributed by atoms with Crippen LogP contribution in [0.15, 0.2) is 53.4 Å². The van der Waals surface area contributed by atoms with E-state index in [2.05, 4.69) is 15.4 Å². The van der Waals surface area contributed by atoms with Gasteiger partial charge in [0.25, 0.3) is 11.8 Å². The Labute approximate surface area is 164 Å². The number of benzene rings is 2. The predicted molar refractivity (Wildman–Crippen MR) is 106 cm³/mol. The van der Waals surface area contributed by atoms with Crippen LogP contribution in [0, 0.1) is 0 Å². The molecule has 0 aliphatic heterocycles. The quantitative estimate of drug-likeness (QED) is 0.617. The maximum atomic E-state index is 12.3. The molecule has 150 valence electrons. The van der Waals surface area contributed by atoms with Gasteiger partial charge in [-0.2, -0.15) is 0 Å². The molecule has 9 heteroatoms. The predicted octanol–water partition coefficient (Wildman–Crippen LogP) is 1.61. The summed E-state index contributed by atoms with van der Waals surface area (Å²) in [6.07, 6.45) is 0. The second-order valence-corrected chi connectivity index (χ2v) is 7.83. The molecule has 28 heavy (non-hydrogen) atoms. The Bertz CT molecular complexity index is 925. The van der Waals surface area contributed by atoms with Crippen LogP contribution in [0.4, 0.5) is 5.69 Å². The average Bonchev–Trinajstić information content (AvgIpc) is 2.67. The minimum Gasteiger partial charge on any atom is -0.383 e. The minimum absolute atomic E-state index is 0.0573. The topological polar surface area (TPSA) is 114 Å². The molecule has 2 aromatic rings. The number of carbonyl (C=O) groups is 2. The molecule has 1 atom stereocenters. The Morgan fingerprint density at radius 3 is 2.04 bits per heavy atom. The number of hydrogen-bond donors (Lipinski definition) is 3. The molecule has 8 nitrogen and oxygen atoms in total. The highest BCUT2D eigenvalue weighted by Gasteiger charge is 2.18. The Morgan fingerprint density at radius 2 is 1.50 bits per heavy atom. The number of amides is 2. The zero-order valence-corrected chi connectivity index (χ0v) is 16.7. The highest BCUT2D eigenvalue weighted by Crippen LogP contribution is 2.14. The lowest BCUT2D eigenvalue weighted by Gasteiger charge is -2.13. The Morgan fingerprint density at radius 1 is 0.964 bits per heavy atom. The summed E-state index contributed by atoms with van der Waals surface area (Å²) in [5, 5.41) is 5.21. The molecule has 0 aromatic heterocycles. The first-order valence-corrected chi connectivity index (χ1v) is 10.00. The van der Waals surface area contributed by atoms with Gasteiger partial charge in [0, 0.05) is 37.0 Å². The van der Waals surface area contributed by atoms with Gasteiger partial charge in [0.05, 0.1) is 11.5 Å². The molecule has 3 N–H and O–H groups in total. The van der Waals surface area contributed by atoms with Gasteiger partial charge in [0.2, 0.25) is 10.0 Å². The highest BCUT2D eigenvalue weighted by molar-refractivity contribution is 7.89. The number of methoxy groups -OCH3 is 1. The van der Waals surface area contributed by atoms with Crippen LogP contribution < -0.4 is 15.4 Å². The van der Waals surface area contributed by atoms with Crippen LogP contribution in [0.1, 0.15) is 27.6 Å². The van der Waals surface area contributed by atoms with E-state index in [0.717, 1.165) is 0 Å². The van der Waals surface area contributed by atoms with Crippen molar-refractivity contribution in [3.05, 3.63) is 59.7 Å². The summed E-state index contributed by atoms with van der Waals surface area (Å²) in [7, 11) is -0.670. The fourth-order valence-electron chi connectivity index (χ4n) is 2.45. The fourth-order valence-corrected chi connectivity index (χ4v) is 3.68. The standard InChI is InChI=1S/C19H23N3O5S/c1-13(12-27-3)22-28(25,26)17-10-6-15(7-11-17)19(24)21-16-8-4-14(5-9-16)18(23)20-2/h4-11,13,22H,12H2,1-3H3,(H,20,23)(H,21,24)/t13-/m0/s1. The van der Waals surface area contributed by atoms with Crippen molar-refractivity contribution in [2.45, 2.75) is 17.9 Å². The van der Waals surface area contributed by atoms with Crippen molar-refractivity contribution in [2.75, 3.05) is 26.1 Å². The van der Waals surface area contributed by atoms with Gasteiger partial charge in [-0.15, -0.1) is 0 Å². The Balaban J connectivity index is 2.06. The van der Waals surface area contributed by atoms with Gasteiger partial charge in [0.1, 0.15) is 0 Å². The summed E-state index contributed by atoms with van der Waals surface area (Å²) in [5.74, 6) is -0.611. The smallest absolute Gasteiger partial charge is 0.255 e. The summed E-state index contributed by atoms with van der Waals surface area (Å²) in [6.45, 7) is 1.94. The van der Waals surface area contributed by atoms with E-state index in [9.17, 15) is 18.0 Å². The van der Waals surface area contributed by atoms with Crippen LogP contribution in [0.5, 0.6) is 0 Å². The molecular weight excluding hydrogens is 382 g/mol. The number of hydrogen-bond acceptors (Lipinski definition) is 5. The van der Waals surface area contributed by atoms with Crippen molar-refractivity contribution < 1.29 is 22.7 Å². The van der Waals surface area contributed by atoms with Crippen molar-refractivity contribution in [3.8, 4) is 0 Å². The molecule has 0 spiro atoms. The SMILES string of the molecule is CNC(=O)c1ccc(NC(=O)c2ccc(S(=O)(=O)N[C@@H](C)COC)cc2)cc1. The minimum atomic E-state index is -3.70. The monoisotopic (exact) mass is 405 g/mol. The number of ether oxygens (including phenoxy) is 1. The number of nitrogens with one attached hydrogen (secondary N) is 3. The van der Waals surface area contributed by atoms with Crippen molar-refractivity contribution in [3.63, 3.8) is 0 Å². The number of carbonyl (C=O) groups excluding carboxylic acids is 2. The van der Waals surface area contributed by atoms with Gasteiger partial charge in [0.15, 0.2) is 0 Å². The van der Waals surface area contributed by atoms with Gasteiger partial charge >= 0.3 is 0 Å². The third-order valence-electron chi connectivity index (χ3n) is 3.83. The van der Waals surface area contributed by atoms with E-state index in [1.165, 1.54) is 38.4 Å². The normalized spacial score (nSPS) is 12.2. The molecule has 0 saturated carbocycles. The molecule has 0 unspecified atom stereocenters. The molecule has 0 aliphatic rings. The molecule has 2 rings (SSSR count). The van der Waals surface area contributed by atoms with Crippen molar-refractivity contribution >= 4 is 27.5 Å². The van der Waals surface area contributed by atoms with E-state index in [1.54, 1.807) is 31.2 Å². The molecule has 0 aliphatic carbocycles. The molecule has 0 heterocycles. The summed E-state index contributed by atoms with van der Waals surface area (Å²) in [5.41, 5.74) is 1.30. The first kappa shape index (κ1) is 21.5. The summed E-state index contributed by atoms with van der Waals surface area (Å²) in [4.78, 5) is 23.9. The van der Waals surface area contributed by atoms with E-state index in [-0.39, 0.29) is 23.5 Å². The van der Waals surface area contributed by atoms with E-state index >= 15 is 0 Å². The lowest BCUT2D eigenvalue weighted by atomic mass is 10.1. The zero-order valence-electron chi connectivity index (χ0n) is 15.9. The number of sulfonamides is 1. The molecule has 0 radical (unpaired) electrons. The third kappa shape index (κ3) is 5.62. The van der Waals surface area contributed by atoms with Crippen LogP contribution in [0.2, 0.25) is 0 Å². The van der Waals surface area contributed by atoms with Gasteiger partial charge in [-0.05, 0) is 55.5 Å². The molecule has 0 bridgehead atoms. The molecule has 2 amide bonds. The van der Waals surface area contributed by atoms with E-state index in [4.69, 9.17) is 4.74 Å². The van der Waals surface area contributed by atoms with Crippen LogP contribution in [-0.4, -0.2) is 47.0 Å². The fraction of sp³-hybridized carbons (Fsp3) is 0.263. The highest BCUT2D eigenvalue weighted by atomic mass is 32.2. The van der Waals surface area contributed by atoms with Crippen LogP contribution >= 0.6 is 0 Å². The van der Waals surface area contributed by atoms with Gasteiger partial charge in [-0.25, -0.2) is 13.1 Å². The van der Waals surface area contributed by atoms with E-state index < -0.39 is 15.9 Å². The Hall–Kier alpha value is -2.75. The van der Waals surface area contributed by atoms with Crippen molar-refractivity contribution in [2.24, 2.45) is 0 Å². The van der Waals surface area contributed by atoms with E-state index in [0.29, 0.717) is 16.8 Å². The van der Waals surface area contributed by atoms with Gasteiger partial charge in [-0.3, -0.25) is 9.59 Å². The molecule has 2 aromatic carbocycles. The second kappa shape index (κ2) is 9.45.